The molecule has 0 bridgehead atoms. The predicted molar refractivity (Wildman–Crippen MR) is 142 cm³/mol. The third-order valence-corrected chi connectivity index (χ3v) is 6.14. The van der Waals surface area contributed by atoms with Crippen LogP contribution in [0.4, 0.5) is 0 Å². The van der Waals surface area contributed by atoms with Crippen LogP contribution in [-0.4, -0.2) is 11.7 Å². The Bertz CT molecular complexity index is 936. The van der Waals surface area contributed by atoms with E-state index in [1.165, 1.54) is 37.5 Å². The highest BCUT2D eigenvalue weighted by atomic mass is 16.5. The summed E-state index contributed by atoms with van der Waals surface area (Å²) in [5.41, 5.74) is 4.33. The van der Waals surface area contributed by atoms with E-state index in [0.29, 0.717) is 6.61 Å². The third-order valence-electron chi connectivity index (χ3n) is 6.14. The number of hydrogen-bond donors (Lipinski definition) is 0. The van der Waals surface area contributed by atoms with E-state index >= 15 is 0 Å². The molecule has 0 spiro atoms. The Morgan fingerprint density at radius 3 is 2.32 bits per heavy atom. The average molecular weight is 463 g/mol. The second-order valence-electron chi connectivity index (χ2n) is 9.98. The molecule has 0 amide bonds. The van der Waals surface area contributed by atoms with Gasteiger partial charge in [0.05, 0.1) is 0 Å². The molecule has 0 fully saturated rings. The van der Waals surface area contributed by atoms with Crippen molar-refractivity contribution in [1.29, 1.82) is 0 Å². The molecule has 2 rings (SSSR count). The molecule has 0 N–H and O–H groups in total. The first-order chi connectivity index (χ1) is 16.2. The molecule has 0 aliphatic carbocycles. The van der Waals surface area contributed by atoms with Gasteiger partial charge in [-0.1, -0.05) is 95.7 Å². The lowest BCUT2D eigenvalue weighted by Crippen LogP contribution is -2.41. The lowest BCUT2D eigenvalue weighted by molar-refractivity contribution is -0.00975. The van der Waals surface area contributed by atoms with Gasteiger partial charge in [0.25, 0.3) is 0 Å². The van der Waals surface area contributed by atoms with Crippen LogP contribution >= 0.6 is 0 Å². The summed E-state index contributed by atoms with van der Waals surface area (Å²) < 4.78 is 18.4. The summed E-state index contributed by atoms with van der Waals surface area (Å²) in [6.07, 6.45) is 8.92. The fourth-order valence-electron chi connectivity index (χ4n) is 3.97. The van der Waals surface area contributed by atoms with Crippen LogP contribution in [0, 0.1) is 0 Å². The summed E-state index contributed by atoms with van der Waals surface area (Å²) in [6.45, 7) is 18.8. The van der Waals surface area contributed by atoms with Crippen molar-refractivity contribution in [2.45, 2.75) is 90.4 Å². The van der Waals surface area contributed by atoms with Gasteiger partial charge in [-0.25, -0.2) is 0 Å². The molecule has 3 heteroatoms. The van der Waals surface area contributed by atoms with Crippen LogP contribution in [-0.2, 0) is 16.8 Å². The van der Waals surface area contributed by atoms with E-state index in [2.05, 4.69) is 63.9 Å². The van der Waals surface area contributed by atoms with Gasteiger partial charge in [0, 0.05) is 6.07 Å². The summed E-state index contributed by atoms with van der Waals surface area (Å²) >= 11 is 0. The highest BCUT2D eigenvalue weighted by Crippen LogP contribution is 2.36. The van der Waals surface area contributed by atoms with Gasteiger partial charge < -0.3 is 14.2 Å². The Hall–Kier alpha value is -2.90. The highest BCUT2D eigenvalue weighted by molar-refractivity contribution is 5.42. The van der Waals surface area contributed by atoms with E-state index < -0.39 is 5.60 Å². The van der Waals surface area contributed by atoms with Crippen LogP contribution in [0.25, 0.3) is 0 Å². The zero-order chi connectivity index (χ0) is 25.0. The molecule has 0 saturated heterocycles. The van der Waals surface area contributed by atoms with Crippen molar-refractivity contribution < 1.29 is 14.2 Å². The summed E-state index contributed by atoms with van der Waals surface area (Å²) in [5, 5.41) is 0. The normalized spacial score (nSPS) is 12.4. The zero-order valence-electron chi connectivity index (χ0n) is 21.7. The molecule has 2 aromatic carbocycles. The number of ether oxygens (including phenoxy) is 3. The molecule has 184 valence electrons. The first-order valence-corrected chi connectivity index (χ1v) is 12.4. The monoisotopic (exact) mass is 462 g/mol. The van der Waals surface area contributed by atoms with E-state index in [1.54, 1.807) is 6.08 Å². The largest absolute Gasteiger partial charge is 0.489 e. The molecule has 3 nitrogen and oxygen atoms in total. The lowest BCUT2D eigenvalue weighted by atomic mass is 9.79. The van der Waals surface area contributed by atoms with Crippen molar-refractivity contribution in [3.63, 3.8) is 0 Å². The maximum absolute atomic E-state index is 6.48. The van der Waals surface area contributed by atoms with E-state index in [0.717, 1.165) is 23.5 Å². The van der Waals surface area contributed by atoms with Crippen LogP contribution in [0.5, 0.6) is 11.5 Å². The van der Waals surface area contributed by atoms with Crippen molar-refractivity contribution in [1.82, 2.24) is 0 Å². The molecule has 34 heavy (non-hydrogen) atoms. The Morgan fingerprint density at radius 1 is 0.971 bits per heavy atom. The van der Waals surface area contributed by atoms with Crippen molar-refractivity contribution >= 4 is 0 Å². The van der Waals surface area contributed by atoms with Gasteiger partial charge in [-0.05, 0) is 55.0 Å². The number of unbranched alkanes of at least 4 members (excludes halogenated alkanes) is 3. The van der Waals surface area contributed by atoms with E-state index in [-0.39, 0.29) is 11.5 Å². The molecule has 1 unspecified atom stereocenters. The molecule has 0 aliphatic heterocycles. The molecule has 0 heterocycles. The van der Waals surface area contributed by atoms with Crippen molar-refractivity contribution in [3.05, 3.63) is 90.9 Å². The van der Waals surface area contributed by atoms with Crippen molar-refractivity contribution in [3.8, 4) is 11.5 Å². The minimum absolute atomic E-state index is 0.00201. The maximum atomic E-state index is 6.48. The predicted octanol–water partition coefficient (Wildman–Crippen LogP) is 8.54. The highest BCUT2D eigenvalue weighted by Gasteiger charge is 2.32. The molecular formula is C31H42O3. The molecule has 0 aliphatic rings. The van der Waals surface area contributed by atoms with Gasteiger partial charge in [-0.2, -0.15) is 0 Å². The second-order valence-corrected chi connectivity index (χ2v) is 9.98. The Kier molecular flexibility index (Phi) is 10.5. The quantitative estimate of drug-likeness (QED) is 0.115. The molecule has 0 saturated carbocycles. The fraction of sp³-hybridized carbons (Fsp3) is 0.452. The number of hydrogen-bond acceptors (Lipinski definition) is 3. The maximum Gasteiger partial charge on any atom is 0.156 e. The fourth-order valence-corrected chi connectivity index (χ4v) is 3.97. The van der Waals surface area contributed by atoms with Gasteiger partial charge in [0.1, 0.15) is 30.0 Å². The van der Waals surface area contributed by atoms with Gasteiger partial charge in [0.15, 0.2) is 6.10 Å². The summed E-state index contributed by atoms with van der Waals surface area (Å²) in [7, 11) is 0. The number of rotatable bonds is 15. The summed E-state index contributed by atoms with van der Waals surface area (Å²) in [6, 6.07) is 16.5. The zero-order valence-corrected chi connectivity index (χ0v) is 21.7. The summed E-state index contributed by atoms with van der Waals surface area (Å²) in [5.74, 6) is 1.56. The van der Waals surface area contributed by atoms with Crippen LogP contribution < -0.4 is 9.47 Å². The average Bonchev–Trinajstić information content (AvgIpc) is 2.81. The van der Waals surface area contributed by atoms with Gasteiger partial charge in [-0.3, -0.25) is 0 Å². The van der Waals surface area contributed by atoms with Crippen molar-refractivity contribution in [2.75, 3.05) is 0 Å². The molecule has 1 atom stereocenters. The lowest BCUT2D eigenvalue weighted by Gasteiger charge is -2.33. The second kappa shape index (κ2) is 13.1. The molecule has 0 radical (unpaired) electrons. The SMILES string of the molecule is C=C=COC(C=C)C(C)(C)Oc1cc(OCc2ccccc2)cc(C(C)(C)CCCCCC)c1. The topological polar surface area (TPSA) is 27.7 Å². The molecule has 0 aromatic heterocycles. The van der Waals surface area contributed by atoms with E-state index in [4.69, 9.17) is 14.2 Å². The van der Waals surface area contributed by atoms with Crippen LogP contribution in [0.1, 0.15) is 77.8 Å². The minimum atomic E-state index is -0.657. The van der Waals surface area contributed by atoms with Gasteiger partial charge in [-0.15, -0.1) is 0 Å². The third kappa shape index (κ3) is 8.47. The van der Waals surface area contributed by atoms with Gasteiger partial charge in [0.2, 0.25) is 0 Å². The van der Waals surface area contributed by atoms with Gasteiger partial charge >= 0.3 is 0 Å². The summed E-state index contributed by atoms with van der Waals surface area (Å²) in [4.78, 5) is 0. The minimum Gasteiger partial charge on any atom is -0.489 e. The van der Waals surface area contributed by atoms with Crippen LogP contribution in [0.3, 0.4) is 0 Å². The first-order valence-electron chi connectivity index (χ1n) is 12.4. The first kappa shape index (κ1) is 27.3. The van der Waals surface area contributed by atoms with Crippen LogP contribution in [0.2, 0.25) is 0 Å². The smallest absolute Gasteiger partial charge is 0.156 e. The standard InChI is InChI=1S/C31H42O3/c1-8-11-12-16-19-30(4,5)26-21-27(33-24-25-17-14-13-15-18-25)23-28(22-26)34-31(6,7)29(10-3)32-20-9-2/h10,13-15,17-18,20-23,29H,2-3,8,11-12,16,19,24H2,1,4-7H3. The Morgan fingerprint density at radius 2 is 1.68 bits per heavy atom. The molecular weight excluding hydrogens is 420 g/mol. The van der Waals surface area contributed by atoms with Crippen molar-refractivity contribution in [2.24, 2.45) is 0 Å². The Balaban J connectivity index is 2.32. The Labute approximate surface area is 207 Å². The molecule has 2 aromatic rings. The van der Waals surface area contributed by atoms with Crippen LogP contribution in [0.15, 0.2) is 79.8 Å². The van der Waals surface area contributed by atoms with E-state index in [1.807, 2.05) is 38.1 Å². The number of benzene rings is 2. The van der Waals surface area contributed by atoms with E-state index in [9.17, 15) is 0 Å².